The molecule has 1 N–H and O–H groups in total. The van der Waals surface area contributed by atoms with Crippen molar-refractivity contribution in [3.8, 4) is 0 Å². The minimum absolute atomic E-state index is 0.0980. The van der Waals surface area contributed by atoms with Crippen molar-refractivity contribution in [1.82, 2.24) is 9.88 Å². The van der Waals surface area contributed by atoms with Crippen molar-refractivity contribution >= 4 is 23.5 Å². The van der Waals surface area contributed by atoms with Crippen molar-refractivity contribution in [1.29, 1.82) is 0 Å². The molecule has 0 spiro atoms. The second-order valence-electron chi connectivity index (χ2n) is 3.87. The van der Waals surface area contributed by atoms with Gasteiger partial charge in [0.2, 0.25) is 0 Å². The Balaban J connectivity index is 2.03. The monoisotopic (exact) mass is 251 g/mol. The van der Waals surface area contributed by atoms with Gasteiger partial charge in [-0.15, -0.1) is 0 Å². The number of rotatable bonds is 3. The average molecular weight is 251 g/mol. The number of anilines is 1. The summed E-state index contributed by atoms with van der Waals surface area (Å²) in [6.45, 7) is 4.55. The molecule has 1 saturated heterocycles. The number of amides is 1. The Labute approximate surface area is 106 Å². The number of hydrogen-bond donors (Lipinski definition) is 1. The molecule has 0 atom stereocenters. The van der Waals surface area contributed by atoms with E-state index in [1.165, 1.54) is 0 Å². The zero-order valence-electron chi connectivity index (χ0n) is 9.98. The smallest absolute Gasteiger partial charge is 0.255 e. The van der Waals surface area contributed by atoms with Crippen LogP contribution in [0.5, 0.6) is 0 Å². The lowest BCUT2D eigenvalue weighted by Gasteiger charge is -2.26. The van der Waals surface area contributed by atoms with E-state index >= 15 is 0 Å². The SMILES string of the molecule is CCNc1ccc(C(=O)N2CCSCC2)cn1. The zero-order valence-corrected chi connectivity index (χ0v) is 10.8. The molecular formula is C12H17N3OS. The van der Waals surface area contributed by atoms with Gasteiger partial charge in [-0.3, -0.25) is 4.79 Å². The van der Waals surface area contributed by atoms with Gasteiger partial charge in [0.15, 0.2) is 0 Å². The van der Waals surface area contributed by atoms with Gasteiger partial charge in [0.25, 0.3) is 5.91 Å². The number of nitrogens with one attached hydrogen (secondary N) is 1. The van der Waals surface area contributed by atoms with E-state index in [1.54, 1.807) is 6.20 Å². The summed E-state index contributed by atoms with van der Waals surface area (Å²) in [5, 5.41) is 3.11. The fourth-order valence-corrected chi connectivity index (χ4v) is 2.66. The molecule has 0 unspecified atom stereocenters. The Morgan fingerprint density at radius 1 is 1.47 bits per heavy atom. The van der Waals surface area contributed by atoms with Crippen LogP contribution < -0.4 is 5.32 Å². The van der Waals surface area contributed by atoms with Crippen LogP contribution >= 0.6 is 11.8 Å². The summed E-state index contributed by atoms with van der Waals surface area (Å²) >= 11 is 1.90. The number of hydrogen-bond acceptors (Lipinski definition) is 4. The third-order valence-corrected chi connectivity index (χ3v) is 3.61. The van der Waals surface area contributed by atoms with Crippen molar-refractivity contribution < 1.29 is 4.79 Å². The number of aromatic nitrogens is 1. The maximum atomic E-state index is 12.1. The molecular weight excluding hydrogens is 234 g/mol. The van der Waals surface area contributed by atoms with Crippen molar-refractivity contribution in [3.63, 3.8) is 0 Å². The third-order valence-electron chi connectivity index (χ3n) is 2.67. The predicted molar refractivity (Wildman–Crippen MR) is 71.6 cm³/mol. The highest BCUT2D eigenvalue weighted by Gasteiger charge is 2.18. The maximum Gasteiger partial charge on any atom is 0.255 e. The van der Waals surface area contributed by atoms with Gasteiger partial charge in [-0.1, -0.05) is 0 Å². The van der Waals surface area contributed by atoms with Gasteiger partial charge in [0.1, 0.15) is 5.82 Å². The highest BCUT2D eigenvalue weighted by Crippen LogP contribution is 2.13. The number of nitrogens with zero attached hydrogens (tertiary/aromatic N) is 2. The van der Waals surface area contributed by atoms with E-state index in [9.17, 15) is 4.79 Å². The fourth-order valence-electron chi connectivity index (χ4n) is 1.76. The highest BCUT2D eigenvalue weighted by atomic mass is 32.2. The third kappa shape index (κ3) is 3.12. The Morgan fingerprint density at radius 3 is 2.82 bits per heavy atom. The molecule has 1 aliphatic rings. The Kier molecular flexibility index (Phi) is 4.25. The van der Waals surface area contributed by atoms with Crippen LogP contribution in [0, 0.1) is 0 Å². The number of carbonyl (C=O) groups is 1. The van der Waals surface area contributed by atoms with Gasteiger partial charge in [-0.2, -0.15) is 11.8 Å². The second kappa shape index (κ2) is 5.91. The van der Waals surface area contributed by atoms with Crippen molar-refractivity contribution in [2.75, 3.05) is 36.5 Å². The largest absolute Gasteiger partial charge is 0.370 e. The first-order valence-corrected chi connectivity index (χ1v) is 7.03. The topological polar surface area (TPSA) is 45.2 Å². The van der Waals surface area contributed by atoms with Crippen LogP contribution in [0.25, 0.3) is 0 Å². The van der Waals surface area contributed by atoms with Crippen LogP contribution in [0.15, 0.2) is 18.3 Å². The summed E-state index contributed by atoms with van der Waals surface area (Å²) in [7, 11) is 0. The molecule has 4 nitrogen and oxygen atoms in total. The van der Waals surface area contributed by atoms with Crippen LogP contribution in [0.2, 0.25) is 0 Å². The van der Waals surface area contributed by atoms with Gasteiger partial charge in [-0.25, -0.2) is 4.98 Å². The summed E-state index contributed by atoms with van der Waals surface area (Å²) in [4.78, 5) is 18.2. The normalized spacial score (nSPS) is 15.7. The molecule has 1 aliphatic heterocycles. The number of pyridine rings is 1. The Bertz CT molecular complexity index is 374. The highest BCUT2D eigenvalue weighted by molar-refractivity contribution is 7.99. The summed E-state index contributed by atoms with van der Waals surface area (Å²) in [6, 6.07) is 3.70. The van der Waals surface area contributed by atoms with Crippen molar-refractivity contribution in [2.45, 2.75) is 6.92 Å². The first-order valence-electron chi connectivity index (χ1n) is 5.88. The van der Waals surface area contributed by atoms with E-state index in [-0.39, 0.29) is 5.91 Å². The first kappa shape index (κ1) is 12.2. The second-order valence-corrected chi connectivity index (χ2v) is 5.09. The van der Waals surface area contributed by atoms with Crippen LogP contribution in [-0.2, 0) is 0 Å². The van der Waals surface area contributed by atoms with Crippen LogP contribution in [-0.4, -0.2) is 46.9 Å². The molecule has 1 fully saturated rings. The van der Waals surface area contributed by atoms with Crippen molar-refractivity contribution in [2.24, 2.45) is 0 Å². The van der Waals surface area contributed by atoms with E-state index in [2.05, 4.69) is 10.3 Å². The molecule has 0 aliphatic carbocycles. The number of carbonyl (C=O) groups excluding carboxylic acids is 1. The van der Waals surface area contributed by atoms with Gasteiger partial charge >= 0.3 is 0 Å². The van der Waals surface area contributed by atoms with E-state index in [0.29, 0.717) is 5.56 Å². The van der Waals surface area contributed by atoms with Crippen LogP contribution in [0.3, 0.4) is 0 Å². The summed E-state index contributed by atoms with van der Waals surface area (Å²) in [6.07, 6.45) is 1.65. The summed E-state index contributed by atoms with van der Waals surface area (Å²) in [5.74, 6) is 2.99. The summed E-state index contributed by atoms with van der Waals surface area (Å²) in [5.41, 5.74) is 0.679. The van der Waals surface area contributed by atoms with E-state index < -0.39 is 0 Å². The van der Waals surface area contributed by atoms with Gasteiger partial charge < -0.3 is 10.2 Å². The van der Waals surface area contributed by atoms with Crippen molar-refractivity contribution in [3.05, 3.63) is 23.9 Å². The molecule has 0 radical (unpaired) electrons. The molecule has 0 saturated carbocycles. The van der Waals surface area contributed by atoms with E-state index in [1.807, 2.05) is 35.7 Å². The first-order chi connectivity index (χ1) is 8.31. The molecule has 2 rings (SSSR count). The van der Waals surface area contributed by atoms with Gasteiger partial charge in [0.05, 0.1) is 5.56 Å². The average Bonchev–Trinajstić information content (AvgIpc) is 2.40. The minimum Gasteiger partial charge on any atom is -0.370 e. The van der Waals surface area contributed by atoms with Crippen LogP contribution in [0.1, 0.15) is 17.3 Å². The quantitative estimate of drug-likeness (QED) is 0.888. The molecule has 1 aromatic rings. The standard InChI is InChI=1S/C12H17N3OS/c1-2-13-11-4-3-10(9-14-11)12(16)15-5-7-17-8-6-15/h3-4,9H,2,5-8H2,1H3,(H,13,14). The fraction of sp³-hybridized carbons (Fsp3) is 0.500. The van der Waals surface area contributed by atoms with Gasteiger partial charge in [0, 0.05) is 37.3 Å². The molecule has 17 heavy (non-hydrogen) atoms. The lowest BCUT2D eigenvalue weighted by molar-refractivity contribution is 0.0772. The molecule has 1 aromatic heterocycles. The molecule has 1 amide bonds. The molecule has 92 valence electrons. The molecule has 5 heteroatoms. The molecule has 0 aromatic carbocycles. The van der Waals surface area contributed by atoms with Gasteiger partial charge in [-0.05, 0) is 19.1 Å². The Hall–Kier alpha value is -1.23. The lowest BCUT2D eigenvalue weighted by atomic mass is 10.2. The molecule has 2 heterocycles. The molecule has 0 bridgehead atoms. The number of thioether (sulfide) groups is 1. The zero-order chi connectivity index (χ0) is 12.1. The van der Waals surface area contributed by atoms with E-state index in [0.717, 1.165) is 37.0 Å². The predicted octanol–water partition coefficient (Wildman–Crippen LogP) is 1.70. The maximum absolute atomic E-state index is 12.1. The lowest BCUT2D eigenvalue weighted by Crippen LogP contribution is -2.37. The van der Waals surface area contributed by atoms with Crippen LogP contribution in [0.4, 0.5) is 5.82 Å². The van der Waals surface area contributed by atoms with E-state index in [4.69, 9.17) is 0 Å². The summed E-state index contributed by atoms with van der Waals surface area (Å²) < 4.78 is 0. The Morgan fingerprint density at radius 2 is 2.24 bits per heavy atom. The minimum atomic E-state index is 0.0980.